The highest BCUT2D eigenvalue weighted by Crippen LogP contribution is 2.12. The summed E-state index contributed by atoms with van der Waals surface area (Å²) in [4.78, 5) is 13.4. The SMILES string of the molecule is CCN(C)C(=O)Cn1nc(C)c(CO)c1C. The molecule has 0 atom stereocenters. The zero-order valence-corrected chi connectivity index (χ0v) is 10.3. The van der Waals surface area contributed by atoms with E-state index in [2.05, 4.69) is 5.10 Å². The molecule has 1 heterocycles. The van der Waals surface area contributed by atoms with E-state index in [1.165, 1.54) is 0 Å². The van der Waals surface area contributed by atoms with E-state index in [0.29, 0.717) is 6.54 Å². The summed E-state index contributed by atoms with van der Waals surface area (Å²) < 4.78 is 1.65. The Hall–Kier alpha value is -1.36. The van der Waals surface area contributed by atoms with Crippen molar-refractivity contribution in [2.75, 3.05) is 13.6 Å². The number of amides is 1. The Balaban J connectivity index is 2.86. The first-order chi connectivity index (χ1) is 7.51. The Morgan fingerprint density at radius 1 is 1.50 bits per heavy atom. The average molecular weight is 225 g/mol. The van der Waals surface area contributed by atoms with Gasteiger partial charge >= 0.3 is 0 Å². The highest BCUT2D eigenvalue weighted by atomic mass is 16.3. The zero-order valence-electron chi connectivity index (χ0n) is 10.3. The van der Waals surface area contributed by atoms with E-state index < -0.39 is 0 Å². The number of aromatic nitrogens is 2. The molecule has 0 bridgehead atoms. The lowest BCUT2D eigenvalue weighted by Crippen LogP contribution is -2.30. The van der Waals surface area contributed by atoms with E-state index in [0.717, 1.165) is 17.0 Å². The molecule has 1 amide bonds. The number of hydrogen-bond acceptors (Lipinski definition) is 3. The Kier molecular flexibility index (Phi) is 4.06. The molecule has 1 rings (SSSR count). The minimum Gasteiger partial charge on any atom is -0.392 e. The molecular formula is C11H19N3O2. The molecule has 1 N–H and O–H groups in total. The van der Waals surface area contributed by atoms with Gasteiger partial charge in [-0.05, 0) is 20.8 Å². The quantitative estimate of drug-likeness (QED) is 0.810. The molecule has 0 spiro atoms. The van der Waals surface area contributed by atoms with Crippen molar-refractivity contribution in [2.24, 2.45) is 0 Å². The minimum atomic E-state index is -0.0323. The average Bonchev–Trinajstić information content (AvgIpc) is 2.52. The Morgan fingerprint density at radius 2 is 2.12 bits per heavy atom. The molecule has 0 aromatic carbocycles. The number of aliphatic hydroxyl groups is 1. The monoisotopic (exact) mass is 225 g/mol. The van der Waals surface area contributed by atoms with Crippen LogP contribution >= 0.6 is 0 Å². The summed E-state index contributed by atoms with van der Waals surface area (Å²) >= 11 is 0. The molecule has 1 aromatic rings. The third-order valence-electron chi connectivity index (χ3n) is 2.87. The van der Waals surface area contributed by atoms with Gasteiger partial charge in [-0.3, -0.25) is 9.48 Å². The van der Waals surface area contributed by atoms with Gasteiger partial charge < -0.3 is 10.0 Å². The van der Waals surface area contributed by atoms with Crippen LogP contribution in [0.2, 0.25) is 0 Å². The Morgan fingerprint density at radius 3 is 2.56 bits per heavy atom. The third kappa shape index (κ3) is 2.41. The number of hydrogen-bond donors (Lipinski definition) is 1. The number of carbonyl (C=O) groups excluding carboxylic acids is 1. The van der Waals surface area contributed by atoms with Crippen LogP contribution < -0.4 is 0 Å². The fraction of sp³-hybridized carbons (Fsp3) is 0.636. The molecule has 0 radical (unpaired) electrons. The lowest BCUT2D eigenvalue weighted by molar-refractivity contribution is -0.130. The van der Waals surface area contributed by atoms with Gasteiger partial charge in [0.05, 0.1) is 12.3 Å². The Bertz CT molecular complexity index is 385. The van der Waals surface area contributed by atoms with Crippen molar-refractivity contribution < 1.29 is 9.90 Å². The molecule has 5 nitrogen and oxygen atoms in total. The summed E-state index contributed by atoms with van der Waals surface area (Å²) in [6.07, 6.45) is 0. The molecule has 0 aliphatic rings. The summed E-state index contributed by atoms with van der Waals surface area (Å²) in [6.45, 7) is 6.52. The van der Waals surface area contributed by atoms with Crippen LogP contribution in [-0.4, -0.2) is 39.3 Å². The molecular weight excluding hydrogens is 206 g/mol. The number of rotatable bonds is 4. The number of nitrogens with zero attached hydrogens (tertiary/aromatic N) is 3. The molecule has 0 saturated heterocycles. The van der Waals surface area contributed by atoms with Crippen molar-refractivity contribution in [3.8, 4) is 0 Å². The fourth-order valence-electron chi connectivity index (χ4n) is 1.54. The van der Waals surface area contributed by atoms with Crippen molar-refractivity contribution in [3.05, 3.63) is 17.0 Å². The summed E-state index contributed by atoms with van der Waals surface area (Å²) in [7, 11) is 1.76. The van der Waals surface area contributed by atoms with Gasteiger partial charge in [0.25, 0.3) is 0 Å². The highest BCUT2D eigenvalue weighted by Gasteiger charge is 2.14. The fourth-order valence-corrected chi connectivity index (χ4v) is 1.54. The second-order valence-electron chi connectivity index (χ2n) is 3.87. The van der Waals surface area contributed by atoms with Crippen LogP contribution in [0.3, 0.4) is 0 Å². The van der Waals surface area contributed by atoms with Crippen LogP contribution in [0, 0.1) is 13.8 Å². The smallest absolute Gasteiger partial charge is 0.244 e. The lowest BCUT2D eigenvalue weighted by atomic mass is 10.2. The van der Waals surface area contributed by atoms with Gasteiger partial charge in [-0.25, -0.2) is 0 Å². The van der Waals surface area contributed by atoms with Crippen LogP contribution in [-0.2, 0) is 17.9 Å². The molecule has 0 unspecified atom stereocenters. The van der Waals surface area contributed by atoms with Crippen LogP contribution in [0.25, 0.3) is 0 Å². The molecule has 0 saturated carbocycles. The summed E-state index contributed by atoms with van der Waals surface area (Å²) in [5.41, 5.74) is 2.46. The normalized spacial score (nSPS) is 10.6. The third-order valence-corrected chi connectivity index (χ3v) is 2.87. The predicted octanol–water partition coefficient (Wildman–Crippen LogP) is 0.471. The zero-order chi connectivity index (χ0) is 12.3. The van der Waals surface area contributed by atoms with E-state index in [1.54, 1.807) is 16.6 Å². The van der Waals surface area contributed by atoms with E-state index >= 15 is 0 Å². The first-order valence-electron chi connectivity index (χ1n) is 5.39. The highest BCUT2D eigenvalue weighted by molar-refractivity contribution is 5.75. The first kappa shape index (κ1) is 12.7. The maximum atomic E-state index is 11.7. The maximum Gasteiger partial charge on any atom is 0.244 e. The topological polar surface area (TPSA) is 58.4 Å². The first-order valence-corrected chi connectivity index (χ1v) is 5.39. The summed E-state index contributed by atoms with van der Waals surface area (Å²) in [6, 6.07) is 0. The Labute approximate surface area is 95.7 Å². The van der Waals surface area contributed by atoms with E-state index in [9.17, 15) is 4.79 Å². The van der Waals surface area contributed by atoms with Gasteiger partial charge in [-0.1, -0.05) is 0 Å². The summed E-state index contributed by atoms with van der Waals surface area (Å²) in [5, 5.41) is 13.4. The van der Waals surface area contributed by atoms with Gasteiger partial charge in [0.1, 0.15) is 6.54 Å². The molecule has 5 heteroatoms. The predicted molar refractivity (Wildman–Crippen MR) is 60.9 cm³/mol. The van der Waals surface area contributed by atoms with Crippen LogP contribution in [0.5, 0.6) is 0 Å². The summed E-state index contributed by atoms with van der Waals surface area (Å²) in [5.74, 6) is 0.0255. The van der Waals surface area contributed by atoms with E-state index in [-0.39, 0.29) is 19.1 Å². The molecule has 0 aliphatic heterocycles. The number of aliphatic hydroxyl groups excluding tert-OH is 1. The second-order valence-corrected chi connectivity index (χ2v) is 3.87. The minimum absolute atomic E-state index is 0.0255. The van der Waals surface area contributed by atoms with Gasteiger partial charge in [0.15, 0.2) is 0 Å². The molecule has 0 fully saturated rings. The van der Waals surface area contributed by atoms with Crippen molar-refractivity contribution in [1.82, 2.24) is 14.7 Å². The molecule has 16 heavy (non-hydrogen) atoms. The van der Waals surface area contributed by atoms with Crippen LogP contribution in [0.1, 0.15) is 23.9 Å². The van der Waals surface area contributed by atoms with Crippen LogP contribution in [0.4, 0.5) is 0 Å². The van der Waals surface area contributed by atoms with Gasteiger partial charge in [-0.15, -0.1) is 0 Å². The lowest BCUT2D eigenvalue weighted by Gasteiger charge is -2.14. The van der Waals surface area contributed by atoms with Crippen molar-refractivity contribution >= 4 is 5.91 Å². The molecule has 0 aliphatic carbocycles. The van der Waals surface area contributed by atoms with Gasteiger partial charge in [-0.2, -0.15) is 5.10 Å². The van der Waals surface area contributed by atoms with Crippen molar-refractivity contribution in [1.29, 1.82) is 0 Å². The molecule has 1 aromatic heterocycles. The van der Waals surface area contributed by atoms with E-state index in [4.69, 9.17) is 5.11 Å². The molecule has 90 valence electrons. The standard InChI is InChI=1S/C11H19N3O2/c1-5-13(4)11(16)6-14-9(3)10(7-15)8(2)12-14/h15H,5-7H2,1-4H3. The van der Waals surface area contributed by atoms with Crippen molar-refractivity contribution in [3.63, 3.8) is 0 Å². The second kappa shape index (κ2) is 5.12. The number of carbonyl (C=O) groups is 1. The van der Waals surface area contributed by atoms with Crippen LogP contribution in [0.15, 0.2) is 0 Å². The van der Waals surface area contributed by atoms with Gasteiger partial charge in [0, 0.05) is 24.8 Å². The number of likely N-dealkylation sites (N-methyl/N-ethyl adjacent to an activating group) is 1. The van der Waals surface area contributed by atoms with Crippen molar-refractivity contribution in [2.45, 2.75) is 33.9 Å². The van der Waals surface area contributed by atoms with Gasteiger partial charge in [0.2, 0.25) is 5.91 Å². The largest absolute Gasteiger partial charge is 0.392 e. The number of aryl methyl sites for hydroxylation is 1. The maximum absolute atomic E-state index is 11.7. The van der Waals surface area contributed by atoms with E-state index in [1.807, 2.05) is 20.8 Å².